The van der Waals surface area contributed by atoms with Gasteiger partial charge in [-0.05, 0) is 36.3 Å². The number of benzene rings is 1. The molecule has 1 fully saturated rings. The molecular formula is C14H17ClN2O3. The predicted molar refractivity (Wildman–Crippen MR) is 76.9 cm³/mol. The topological polar surface area (TPSA) is 72.2 Å². The van der Waals surface area contributed by atoms with E-state index in [1.807, 2.05) is 0 Å². The van der Waals surface area contributed by atoms with Gasteiger partial charge in [0.25, 0.3) is 11.6 Å². The summed E-state index contributed by atoms with van der Waals surface area (Å²) >= 11 is 5.80. The van der Waals surface area contributed by atoms with Crippen molar-refractivity contribution in [1.82, 2.24) is 5.32 Å². The Morgan fingerprint density at radius 1 is 1.50 bits per heavy atom. The lowest BCUT2D eigenvalue weighted by atomic mass is 9.92. The summed E-state index contributed by atoms with van der Waals surface area (Å²) in [5.41, 5.74) is 0.379. The van der Waals surface area contributed by atoms with E-state index >= 15 is 0 Å². The van der Waals surface area contributed by atoms with E-state index in [0.717, 1.165) is 12.8 Å². The van der Waals surface area contributed by atoms with Crippen molar-refractivity contribution in [2.75, 3.05) is 6.54 Å². The molecule has 1 aliphatic carbocycles. The average molecular weight is 297 g/mol. The fourth-order valence-corrected chi connectivity index (χ4v) is 2.52. The minimum absolute atomic E-state index is 0.0207. The quantitative estimate of drug-likeness (QED) is 0.668. The van der Waals surface area contributed by atoms with Gasteiger partial charge in [0.2, 0.25) is 0 Å². The van der Waals surface area contributed by atoms with Crippen molar-refractivity contribution in [3.05, 3.63) is 38.9 Å². The minimum Gasteiger partial charge on any atom is -0.351 e. The largest absolute Gasteiger partial charge is 0.351 e. The first kappa shape index (κ1) is 14.8. The summed E-state index contributed by atoms with van der Waals surface area (Å²) in [6.07, 6.45) is 2.26. The maximum atomic E-state index is 12.0. The predicted octanol–water partition coefficient (Wildman–Crippen LogP) is 3.41. The molecular weight excluding hydrogens is 280 g/mol. The second kappa shape index (κ2) is 5.40. The van der Waals surface area contributed by atoms with Gasteiger partial charge in [-0.1, -0.05) is 25.4 Å². The first-order valence-electron chi connectivity index (χ1n) is 6.58. The second-order valence-corrected chi connectivity index (χ2v) is 6.03. The van der Waals surface area contributed by atoms with E-state index in [9.17, 15) is 14.9 Å². The molecule has 1 amide bonds. The normalized spacial score (nSPS) is 16.0. The highest BCUT2D eigenvalue weighted by molar-refractivity contribution is 6.33. The van der Waals surface area contributed by atoms with Crippen LogP contribution in [0.1, 0.15) is 37.0 Å². The van der Waals surface area contributed by atoms with Crippen molar-refractivity contribution in [2.45, 2.75) is 26.7 Å². The number of hydrogen-bond donors (Lipinski definition) is 1. The van der Waals surface area contributed by atoms with Gasteiger partial charge >= 0.3 is 0 Å². The fraction of sp³-hybridized carbons (Fsp3) is 0.500. The number of nitro benzene ring substituents is 1. The molecule has 6 heteroatoms. The zero-order valence-electron chi connectivity index (χ0n) is 11.5. The molecule has 1 aromatic carbocycles. The zero-order valence-corrected chi connectivity index (χ0v) is 12.2. The Kier molecular flexibility index (Phi) is 3.99. The third-order valence-corrected chi connectivity index (χ3v) is 4.43. The highest BCUT2D eigenvalue weighted by Crippen LogP contribution is 2.51. The highest BCUT2D eigenvalue weighted by Gasteiger charge is 2.45. The van der Waals surface area contributed by atoms with Crippen LogP contribution in [0.25, 0.3) is 0 Å². The molecule has 1 N–H and O–H groups in total. The molecule has 1 saturated carbocycles. The number of nitro groups is 1. The number of hydrogen-bond acceptors (Lipinski definition) is 3. The van der Waals surface area contributed by atoms with Gasteiger partial charge in [0.15, 0.2) is 0 Å². The van der Waals surface area contributed by atoms with Gasteiger partial charge < -0.3 is 5.32 Å². The first-order valence-corrected chi connectivity index (χ1v) is 6.96. The molecule has 1 aliphatic rings. The SMILES string of the molecule is CC(C)C1(CNC(=O)c2ccc([N+](=O)[O-])c(Cl)c2)CC1. The van der Waals surface area contributed by atoms with Crippen molar-refractivity contribution in [3.63, 3.8) is 0 Å². The van der Waals surface area contributed by atoms with Crippen LogP contribution < -0.4 is 5.32 Å². The van der Waals surface area contributed by atoms with Gasteiger partial charge in [-0.2, -0.15) is 0 Å². The van der Waals surface area contributed by atoms with E-state index in [-0.39, 0.29) is 22.0 Å². The number of carbonyl (C=O) groups is 1. The number of rotatable bonds is 5. The van der Waals surface area contributed by atoms with Crippen LogP contribution in [0.2, 0.25) is 5.02 Å². The number of carbonyl (C=O) groups excluding carboxylic acids is 1. The minimum atomic E-state index is -0.567. The lowest BCUT2D eigenvalue weighted by Gasteiger charge is -2.20. The molecule has 0 unspecified atom stereocenters. The zero-order chi connectivity index (χ0) is 14.9. The van der Waals surface area contributed by atoms with Gasteiger partial charge in [-0.15, -0.1) is 0 Å². The van der Waals surface area contributed by atoms with E-state index in [0.29, 0.717) is 18.0 Å². The monoisotopic (exact) mass is 296 g/mol. The average Bonchev–Trinajstić information content (AvgIpc) is 3.16. The van der Waals surface area contributed by atoms with Crippen molar-refractivity contribution < 1.29 is 9.72 Å². The summed E-state index contributed by atoms with van der Waals surface area (Å²) in [7, 11) is 0. The lowest BCUT2D eigenvalue weighted by molar-refractivity contribution is -0.384. The molecule has 0 bridgehead atoms. The van der Waals surface area contributed by atoms with E-state index < -0.39 is 4.92 Å². The summed E-state index contributed by atoms with van der Waals surface area (Å²) in [5.74, 6) is 0.289. The first-order chi connectivity index (χ1) is 9.35. The summed E-state index contributed by atoms with van der Waals surface area (Å²) < 4.78 is 0. The number of halogens is 1. The molecule has 5 nitrogen and oxygen atoms in total. The summed E-state index contributed by atoms with van der Waals surface area (Å²) in [6.45, 7) is 4.95. The van der Waals surface area contributed by atoms with Crippen molar-refractivity contribution in [1.29, 1.82) is 0 Å². The summed E-state index contributed by atoms with van der Waals surface area (Å²) in [4.78, 5) is 22.1. The third kappa shape index (κ3) is 2.93. The number of amides is 1. The van der Waals surface area contributed by atoms with Crippen LogP contribution in [0.5, 0.6) is 0 Å². The van der Waals surface area contributed by atoms with Gasteiger partial charge in [0, 0.05) is 18.2 Å². The van der Waals surface area contributed by atoms with Gasteiger partial charge in [-0.3, -0.25) is 14.9 Å². The van der Waals surface area contributed by atoms with Crippen molar-refractivity contribution in [2.24, 2.45) is 11.3 Å². The third-order valence-electron chi connectivity index (χ3n) is 4.12. The van der Waals surface area contributed by atoms with Gasteiger partial charge in [-0.25, -0.2) is 0 Å². The van der Waals surface area contributed by atoms with Crippen LogP contribution in [-0.2, 0) is 0 Å². The van der Waals surface area contributed by atoms with Gasteiger partial charge in [0.05, 0.1) is 4.92 Å². The standard InChI is InChI=1S/C14H17ClN2O3/c1-9(2)14(5-6-14)8-16-13(18)10-3-4-12(17(19)20)11(15)7-10/h3-4,7,9H,5-6,8H2,1-2H3,(H,16,18). The van der Waals surface area contributed by atoms with Crippen LogP contribution in [0.15, 0.2) is 18.2 Å². The number of nitrogens with zero attached hydrogens (tertiary/aromatic N) is 1. The van der Waals surface area contributed by atoms with Crippen LogP contribution >= 0.6 is 11.6 Å². The summed E-state index contributed by atoms with van der Waals surface area (Å²) in [6, 6.07) is 4.02. The van der Waals surface area contributed by atoms with E-state index in [1.54, 1.807) is 0 Å². The molecule has 0 spiro atoms. The Morgan fingerprint density at radius 2 is 2.15 bits per heavy atom. The Morgan fingerprint density at radius 3 is 2.60 bits per heavy atom. The molecule has 0 atom stereocenters. The van der Waals surface area contributed by atoms with Gasteiger partial charge in [0.1, 0.15) is 5.02 Å². The molecule has 2 rings (SSSR count). The number of nitrogens with one attached hydrogen (secondary N) is 1. The van der Waals surface area contributed by atoms with Crippen molar-refractivity contribution in [3.8, 4) is 0 Å². The van der Waals surface area contributed by atoms with Crippen LogP contribution in [0, 0.1) is 21.4 Å². The molecule has 0 aromatic heterocycles. The molecule has 0 heterocycles. The molecule has 0 aliphatic heterocycles. The van der Waals surface area contributed by atoms with Crippen molar-refractivity contribution >= 4 is 23.2 Å². The fourth-order valence-electron chi connectivity index (χ4n) is 2.27. The smallest absolute Gasteiger partial charge is 0.287 e. The lowest BCUT2D eigenvalue weighted by Crippen LogP contribution is -2.32. The van der Waals surface area contributed by atoms with Crippen LogP contribution in [0.4, 0.5) is 5.69 Å². The Bertz CT molecular complexity index is 553. The van der Waals surface area contributed by atoms with E-state index in [4.69, 9.17) is 11.6 Å². The Balaban J connectivity index is 2.03. The molecule has 1 aromatic rings. The molecule has 0 saturated heterocycles. The highest BCUT2D eigenvalue weighted by atomic mass is 35.5. The maximum Gasteiger partial charge on any atom is 0.287 e. The molecule has 108 valence electrons. The van der Waals surface area contributed by atoms with E-state index in [2.05, 4.69) is 19.2 Å². The maximum absolute atomic E-state index is 12.0. The Labute approximate surface area is 122 Å². The van der Waals surface area contributed by atoms with Crippen LogP contribution in [-0.4, -0.2) is 17.4 Å². The molecule has 20 heavy (non-hydrogen) atoms. The summed E-state index contributed by atoms with van der Waals surface area (Å²) in [5, 5.41) is 13.5. The Hall–Kier alpha value is -1.62. The van der Waals surface area contributed by atoms with Crippen LogP contribution in [0.3, 0.4) is 0 Å². The second-order valence-electron chi connectivity index (χ2n) is 5.62. The molecule has 0 radical (unpaired) electrons. The van der Waals surface area contributed by atoms with E-state index in [1.165, 1.54) is 18.2 Å².